The fraction of sp³-hybridized carbons (Fsp3) is 0.458. The Morgan fingerprint density at radius 1 is 0.794 bits per heavy atom. The van der Waals surface area contributed by atoms with Gasteiger partial charge in [0.2, 0.25) is 0 Å². The molecule has 10 heteroatoms. The molecule has 3 nitrogen and oxygen atoms in total. The highest BCUT2D eigenvalue weighted by Gasteiger charge is 2.43. The molecule has 0 amide bonds. The molecule has 0 radical (unpaired) electrons. The third kappa shape index (κ3) is 6.70. The molecule has 1 atom stereocenters. The standard InChI is InChI=1S/C24H28F6O3Si/c1-4-34(5-2,6-3)33-22(16-31,19-10-8-7-9-11-19)17-32-15-18-12-20(23(25,26)27)14-21(13-18)24(28,29)30/h7-14,16H,4-6,15,17H2,1-3H3/t22-/m1/s1. The molecule has 2 rings (SSSR count). The van der Waals surface area contributed by atoms with Crippen molar-refractivity contribution in [1.29, 1.82) is 0 Å². The molecule has 0 aliphatic rings. The van der Waals surface area contributed by atoms with Gasteiger partial charge in [0.15, 0.2) is 20.2 Å². The maximum absolute atomic E-state index is 13.2. The van der Waals surface area contributed by atoms with E-state index in [-0.39, 0.29) is 18.2 Å². The fourth-order valence-corrected chi connectivity index (χ4v) is 6.72. The quantitative estimate of drug-likeness (QED) is 0.182. The summed E-state index contributed by atoms with van der Waals surface area (Å²) >= 11 is 0. The summed E-state index contributed by atoms with van der Waals surface area (Å²) < 4.78 is 91.0. The Balaban J connectivity index is 2.39. The number of ether oxygens (including phenoxy) is 1. The van der Waals surface area contributed by atoms with E-state index in [4.69, 9.17) is 9.16 Å². The molecule has 0 aromatic heterocycles. The van der Waals surface area contributed by atoms with Crippen LogP contribution in [-0.2, 0) is 38.5 Å². The number of carbonyl (C=O) groups excluding carboxylic acids is 1. The Morgan fingerprint density at radius 2 is 1.29 bits per heavy atom. The van der Waals surface area contributed by atoms with Crippen molar-refractivity contribution >= 4 is 14.6 Å². The maximum Gasteiger partial charge on any atom is 0.416 e. The number of halogens is 6. The Bertz CT molecular complexity index is 901. The van der Waals surface area contributed by atoms with Crippen molar-refractivity contribution in [3.05, 3.63) is 70.8 Å². The van der Waals surface area contributed by atoms with Crippen LogP contribution in [0.4, 0.5) is 26.3 Å². The minimum Gasteiger partial charge on any atom is -0.399 e. The first kappa shape index (κ1) is 28.1. The van der Waals surface area contributed by atoms with E-state index in [9.17, 15) is 31.1 Å². The van der Waals surface area contributed by atoms with Crippen molar-refractivity contribution < 1.29 is 40.3 Å². The third-order valence-corrected chi connectivity index (χ3v) is 10.7. The second kappa shape index (κ2) is 11.0. The van der Waals surface area contributed by atoms with Gasteiger partial charge in [0.25, 0.3) is 0 Å². The number of hydrogen-bond acceptors (Lipinski definition) is 3. The largest absolute Gasteiger partial charge is 0.416 e. The van der Waals surface area contributed by atoms with Gasteiger partial charge in [-0.15, -0.1) is 0 Å². The summed E-state index contributed by atoms with van der Waals surface area (Å²) in [7, 11) is -2.36. The van der Waals surface area contributed by atoms with Gasteiger partial charge in [-0.2, -0.15) is 26.3 Å². The first-order valence-electron chi connectivity index (χ1n) is 10.9. The zero-order chi connectivity index (χ0) is 25.6. The van der Waals surface area contributed by atoms with Gasteiger partial charge in [-0.05, 0) is 47.5 Å². The van der Waals surface area contributed by atoms with Gasteiger partial charge in [-0.3, -0.25) is 4.79 Å². The first-order chi connectivity index (χ1) is 15.8. The van der Waals surface area contributed by atoms with Crippen LogP contribution >= 0.6 is 0 Å². The van der Waals surface area contributed by atoms with Gasteiger partial charge >= 0.3 is 12.4 Å². The van der Waals surface area contributed by atoms with Crippen LogP contribution in [0.3, 0.4) is 0 Å². The van der Waals surface area contributed by atoms with Crippen LogP contribution in [0.2, 0.25) is 18.1 Å². The predicted octanol–water partition coefficient (Wildman–Crippen LogP) is 7.36. The molecular formula is C24H28F6O3Si. The number of alkyl halides is 6. The predicted molar refractivity (Wildman–Crippen MR) is 119 cm³/mol. The van der Waals surface area contributed by atoms with Gasteiger partial charge in [0.1, 0.15) is 0 Å². The van der Waals surface area contributed by atoms with Crippen LogP contribution in [0, 0.1) is 0 Å². The molecule has 0 aliphatic heterocycles. The highest BCUT2D eigenvalue weighted by molar-refractivity contribution is 6.73. The minimum absolute atomic E-state index is 0.0655. The van der Waals surface area contributed by atoms with E-state index in [0.29, 0.717) is 24.0 Å². The van der Waals surface area contributed by atoms with E-state index in [1.807, 2.05) is 20.8 Å². The van der Waals surface area contributed by atoms with Crippen LogP contribution in [0.15, 0.2) is 48.5 Å². The molecule has 0 spiro atoms. The molecule has 0 saturated carbocycles. The zero-order valence-electron chi connectivity index (χ0n) is 19.2. The minimum atomic E-state index is -4.95. The third-order valence-electron chi connectivity index (χ3n) is 6.02. The van der Waals surface area contributed by atoms with E-state index in [0.717, 1.165) is 18.1 Å². The number of rotatable bonds is 11. The second-order valence-electron chi connectivity index (χ2n) is 8.13. The molecule has 188 valence electrons. The molecule has 2 aromatic rings. The average Bonchev–Trinajstić information content (AvgIpc) is 2.81. The monoisotopic (exact) mass is 506 g/mol. The first-order valence-corrected chi connectivity index (χ1v) is 13.5. The summed E-state index contributed by atoms with van der Waals surface area (Å²) in [6.45, 7) is 5.01. The lowest BCUT2D eigenvalue weighted by Crippen LogP contribution is -2.49. The summed E-state index contributed by atoms with van der Waals surface area (Å²) in [5.41, 5.74) is -4.16. The molecule has 0 fully saturated rings. The van der Waals surface area contributed by atoms with Gasteiger partial charge in [0.05, 0.1) is 24.3 Å². The van der Waals surface area contributed by atoms with E-state index < -0.39 is 44.0 Å². The van der Waals surface area contributed by atoms with Crippen molar-refractivity contribution in [3.63, 3.8) is 0 Å². The van der Waals surface area contributed by atoms with Crippen molar-refractivity contribution in [2.24, 2.45) is 0 Å². The molecule has 0 saturated heterocycles. The average molecular weight is 507 g/mol. The normalized spacial score (nSPS) is 14.6. The number of hydrogen-bond donors (Lipinski definition) is 0. The van der Waals surface area contributed by atoms with Crippen molar-refractivity contribution in [1.82, 2.24) is 0 Å². The van der Waals surface area contributed by atoms with Gasteiger partial charge in [-0.1, -0.05) is 51.1 Å². The van der Waals surface area contributed by atoms with Crippen LogP contribution in [-0.4, -0.2) is 21.2 Å². The fourth-order valence-electron chi connectivity index (χ4n) is 3.79. The summed E-state index contributed by atoms with van der Waals surface area (Å²) in [5.74, 6) is 0. The van der Waals surface area contributed by atoms with Crippen LogP contribution in [0.5, 0.6) is 0 Å². The molecule has 0 heterocycles. The topological polar surface area (TPSA) is 35.5 Å². The van der Waals surface area contributed by atoms with Crippen molar-refractivity contribution in [2.75, 3.05) is 6.61 Å². The van der Waals surface area contributed by atoms with E-state index in [1.165, 1.54) is 0 Å². The lowest BCUT2D eigenvalue weighted by Gasteiger charge is -2.39. The molecule has 0 bridgehead atoms. The molecule has 0 unspecified atom stereocenters. The highest BCUT2D eigenvalue weighted by atomic mass is 28.4. The smallest absolute Gasteiger partial charge is 0.399 e. The van der Waals surface area contributed by atoms with Crippen LogP contribution in [0.1, 0.15) is 43.0 Å². The number of aldehydes is 1. The summed E-state index contributed by atoms with van der Waals surface area (Å²) in [6.07, 6.45) is -9.30. The summed E-state index contributed by atoms with van der Waals surface area (Å²) in [4.78, 5) is 12.4. The zero-order valence-corrected chi connectivity index (χ0v) is 20.2. The number of carbonyl (C=O) groups is 1. The molecule has 0 N–H and O–H groups in total. The van der Waals surface area contributed by atoms with Gasteiger partial charge in [-0.25, -0.2) is 0 Å². The van der Waals surface area contributed by atoms with Crippen molar-refractivity contribution in [3.8, 4) is 0 Å². The van der Waals surface area contributed by atoms with Crippen LogP contribution < -0.4 is 0 Å². The second-order valence-corrected chi connectivity index (χ2v) is 12.8. The Hall–Kier alpha value is -2.17. The summed E-state index contributed by atoms with van der Waals surface area (Å²) in [5, 5.41) is 0. The Labute approximate surface area is 196 Å². The van der Waals surface area contributed by atoms with E-state index in [1.54, 1.807) is 30.3 Å². The lowest BCUT2D eigenvalue weighted by molar-refractivity contribution is -0.143. The Morgan fingerprint density at radius 3 is 1.71 bits per heavy atom. The van der Waals surface area contributed by atoms with Crippen LogP contribution in [0.25, 0.3) is 0 Å². The van der Waals surface area contributed by atoms with Crippen molar-refractivity contribution in [2.45, 2.75) is 63.5 Å². The lowest BCUT2D eigenvalue weighted by atomic mass is 9.96. The van der Waals surface area contributed by atoms with E-state index >= 15 is 0 Å². The van der Waals surface area contributed by atoms with Gasteiger partial charge in [0, 0.05) is 0 Å². The number of benzene rings is 2. The van der Waals surface area contributed by atoms with E-state index in [2.05, 4.69) is 0 Å². The molecule has 2 aromatic carbocycles. The van der Waals surface area contributed by atoms with Gasteiger partial charge < -0.3 is 9.16 Å². The Kier molecular flexibility index (Phi) is 9.12. The maximum atomic E-state index is 13.2. The molecule has 34 heavy (non-hydrogen) atoms. The SMILES string of the molecule is CC[Si](CC)(CC)O[C@](C=O)(COCc1cc(C(F)(F)F)cc(C(F)(F)F)c1)c1ccccc1. The molecular weight excluding hydrogens is 478 g/mol. The highest BCUT2D eigenvalue weighted by Crippen LogP contribution is 2.37. The molecule has 0 aliphatic carbocycles. The summed E-state index contributed by atoms with van der Waals surface area (Å²) in [6, 6.07) is 12.0.